The van der Waals surface area contributed by atoms with Crippen LogP contribution in [0.4, 0.5) is 4.79 Å². The summed E-state index contributed by atoms with van der Waals surface area (Å²) in [5, 5.41) is 0.954. The van der Waals surface area contributed by atoms with E-state index in [2.05, 4.69) is 0 Å². The molecule has 0 spiro atoms. The van der Waals surface area contributed by atoms with Crippen LogP contribution < -0.4 is 5.56 Å². The molecule has 1 unspecified atom stereocenters. The molecule has 0 fully saturated rings. The van der Waals surface area contributed by atoms with E-state index in [1.54, 1.807) is 41.2 Å². The minimum absolute atomic E-state index is 0.184. The van der Waals surface area contributed by atoms with Gasteiger partial charge in [0.2, 0.25) is 0 Å². The minimum Gasteiger partial charge on any atom is -0.443 e. The van der Waals surface area contributed by atoms with Gasteiger partial charge in [-0.05, 0) is 57.0 Å². The number of amides is 1. The second-order valence-electron chi connectivity index (χ2n) is 11.1. The molecular weight excluding hydrogens is 548 g/mol. The monoisotopic (exact) mass is 580 g/mol. The Morgan fingerprint density at radius 2 is 1.69 bits per heavy atom. The smallest absolute Gasteiger partial charge is 0.418 e. The molecule has 4 aromatic rings. The predicted molar refractivity (Wildman–Crippen MR) is 168 cm³/mol. The van der Waals surface area contributed by atoms with Crippen LogP contribution in [0.15, 0.2) is 113 Å². The topological polar surface area (TPSA) is 76.8 Å². The molecule has 8 heteroatoms. The van der Waals surface area contributed by atoms with E-state index < -0.39 is 17.6 Å². The van der Waals surface area contributed by atoms with Gasteiger partial charge in [0.05, 0.1) is 34.8 Å². The summed E-state index contributed by atoms with van der Waals surface area (Å²) in [6.07, 6.45) is 5.14. The molecule has 0 bridgehead atoms. The Bertz CT molecular complexity index is 1750. The molecule has 1 aromatic heterocycles. The van der Waals surface area contributed by atoms with Crippen LogP contribution in [0.1, 0.15) is 57.0 Å². The van der Waals surface area contributed by atoms with Crippen LogP contribution in [-0.4, -0.2) is 31.9 Å². The molecular formula is C34H33ClN4O3. The summed E-state index contributed by atoms with van der Waals surface area (Å²) >= 11 is 6.32. The largest absolute Gasteiger partial charge is 0.443 e. The van der Waals surface area contributed by atoms with E-state index in [4.69, 9.17) is 26.3 Å². The fourth-order valence-electron chi connectivity index (χ4n) is 4.91. The van der Waals surface area contributed by atoms with Crippen molar-refractivity contribution < 1.29 is 9.53 Å². The third-order valence-corrected chi connectivity index (χ3v) is 7.10. The van der Waals surface area contributed by atoms with Crippen molar-refractivity contribution in [1.82, 2.24) is 14.5 Å². The number of benzene rings is 3. The lowest BCUT2D eigenvalue weighted by Gasteiger charge is -2.30. The van der Waals surface area contributed by atoms with Gasteiger partial charge in [0, 0.05) is 23.0 Å². The lowest BCUT2D eigenvalue weighted by atomic mass is 9.99. The number of carbonyl (C=O) groups is 1. The average Bonchev–Trinajstić information content (AvgIpc) is 3.19. The lowest BCUT2D eigenvalue weighted by molar-refractivity contribution is 0.0373. The Hall–Kier alpha value is -4.49. The van der Waals surface area contributed by atoms with Gasteiger partial charge in [-0.25, -0.2) is 9.78 Å². The fraction of sp³-hybridized carbons (Fsp3) is 0.235. The minimum atomic E-state index is -0.722. The number of rotatable bonds is 6. The van der Waals surface area contributed by atoms with Crippen LogP contribution in [-0.2, 0) is 11.3 Å². The Morgan fingerprint density at radius 1 is 1.00 bits per heavy atom. The maximum Gasteiger partial charge on any atom is 0.418 e. The molecule has 1 atom stereocenters. The highest BCUT2D eigenvalue weighted by Crippen LogP contribution is 2.33. The first-order valence-electron chi connectivity index (χ1n) is 13.9. The van der Waals surface area contributed by atoms with Crippen LogP contribution in [0, 0.1) is 0 Å². The van der Waals surface area contributed by atoms with Crippen molar-refractivity contribution in [3.63, 3.8) is 0 Å². The first-order valence-corrected chi connectivity index (χ1v) is 14.3. The van der Waals surface area contributed by atoms with Crippen molar-refractivity contribution in [3.8, 4) is 0 Å². The van der Waals surface area contributed by atoms with Gasteiger partial charge in [-0.2, -0.15) is 0 Å². The third kappa shape index (κ3) is 6.37. The number of fused-ring (bicyclic) bond motifs is 1. The second-order valence-corrected chi connectivity index (χ2v) is 11.5. The van der Waals surface area contributed by atoms with Gasteiger partial charge in [-0.1, -0.05) is 79.2 Å². The molecule has 0 saturated heterocycles. The number of halogens is 1. The maximum absolute atomic E-state index is 14.0. The van der Waals surface area contributed by atoms with Crippen LogP contribution in [0.2, 0.25) is 5.02 Å². The maximum atomic E-state index is 14.0. The number of nitrogens with zero attached hydrogens (tertiary/aromatic N) is 4. The number of ether oxygens (including phenoxy) is 1. The van der Waals surface area contributed by atoms with Gasteiger partial charge < -0.3 is 4.74 Å². The number of allylic oxidation sites excluding steroid dienone is 2. The normalized spacial score (nSPS) is 14.3. The summed E-state index contributed by atoms with van der Waals surface area (Å²) in [4.78, 5) is 38.9. The molecule has 7 nitrogen and oxygen atoms in total. The summed E-state index contributed by atoms with van der Waals surface area (Å²) in [7, 11) is 0. The van der Waals surface area contributed by atoms with E-state index in [1.807, 2.05) is 88.4 Å². The average molecular weight is 581 g/mol. The lowest BCUT2D eigenvalue weighted by Crippen LogP contribution is -2.36. The van der Waals surface area contributed by atoms with Crippen molar-refractivity contribution >= 4 is 34.3 Å². The van der Waals surface area contributed by atoms with Crippen molar-refractivity contribution in [3.05, 3.63) is 135 Å². The highest BCUT2D eigenvalue weighted by Gasteiger charge is 2.32. The Morgan fingerprint density at radius 3 is 2.36 bits per heavy atom. The highest BCUT2D eigenvalue weighted by atomic mass is 35.5. The third-order valence-electron chi connectivity index (χ3n) is 6.86. The molecule has 214 valence electrons. The van der Waals surface area contributed by atoms with Crippen molar-refractivity contribution in [2.75, 3.05) is 0 Å². The zero-order chi connectivity index (χ0) is 29.9. The quantitative estimate of drug-likeness (QED) is 0.234. The molecule has 2 heterocycles. The summed E-state index contributed by atoms with van der Waals surface area (Å²) in [6, 6.07) is 24.6. The molecule has 0 radical (unpaired) electrons. The van der Waals surface area contributed by atoms with E-state index in [-0.39, 0.29) is 5.56 Å². The number of aromatic nitrogens is 2. The molecule has 1 amide bonds. The van der Waals surface area contributed by atoms with Crippen molar-refractivity contribution in [2.24, 2.45) is 4.99 Å². The Labute approximate surface area is 250 Å². The molecule has 1 aliphatic heterocycles. The van der Waals surface area contributed by atoms with Crippen LogP contribution in [0.25, 0.3) is 10.9 Å². The summed E-state index contributed by atoms with van der Waals surface area (Å²) < 4.78 is 7.49. The number of carbonyl (C=O) groups excluding carboxylic acids is 1. The van der Waals surface area contributed by atoms with E-state index in [9.17, 15) is 9.59 Å². The highest BCUT2D eigenvalue weighted by molar-refractivity contribution is 6.31. The molecule has 0 N–H and O–H groups in total. The van der Waals surface area contributed by atoms with Crippen LogP contribution in [0.5, 0.6) is 0 Å². The van der Waals surface area contributed by atoms with Crippen LogP contribution >= 0.6 is 11.6 Å². The number of hydrogen-bond donors (Lipinski definition) is 0. The van der Waals surface area contributed by atoms with Gasteiger partial charge in [-0.15, -0.1) is 0 Å². The summed E-state index contributed by atoms with van der Waals surface area (Å²) in [6.45, 7) is 7.78. The summed E-state index contributed by atoms with van der Waals surface area (Å²) in [5.74, 6) is 0.0218. The number of hydrogen-bond acceptors (Lipinski definition) is 5. The van der Waals surface area contributed by atoms with Crippen molar-refractivity contribution in [1.29, 1.82) is 0 Å². The first-order chi connectivity index (χ1) is 20.1. The fourth-order valence-corrected chi connectivity index (χ4v) is 5.07. The molecule has 3 aromatic carbocycles. The molecule has 42 heavy (non-hydrogen) atoms. The molecule has 1 aliphatic rings. The predicted octanol–water partition coefficient (Wildman–Crippen LogP) is 7.69. The van der Waals surface area contributed by atoms with E-state index >= 15 is 0 Å². The van der Waals surface area contributed by atoms with Gasteiger partial charge >= 0.3 is 6.09 Å². The van der Waals surface area contributed by atoms with Crippen LogP contribution in [0.3, 0.4) is 0 Å². The standard InChI is InChI=1S/C34H33ClN4O3/c1-5-26(30-21-36-28(24-14-10-7-11-15-24)18-19-38(30)33(41)42-34(2,3)4)31-37-29-20-25(35)16-17-27(29)32(40)39(31)22-23-12-8-6-9-13-23/h6-21,26H,5,22H2,1-4H3. The molecule has 0 aliphatic carbocycles. The second kappa shape index (κ2) is 12.2. The molecule has 5 rings (SSSR count). The van der Waals surface area contributed by atoms with Gasteiger partial charge in [0.15, 0.2) is 0 Å². The van der Waals surface area contributed by atoms with E-state index in [0.29, 0.717) is 46.1 Å². The SMILES string of the molecule is CCC(C1=CN=C(c2ccccc2)C=CN1C(=O)OC(C)(C)C)c1nc2cc(Cl)ccc2c(=O)n1Cc1ccccc1. The zero-order valence-corrected chi connectivity index (χ0v) is 24.9. The zero-order valence-electron chi connectivity index (χ0n) is 24.1. The van der Waals surface area contributed by atoms with E-state index in [0.717, 1.165) is 11.1 Å². The van der Waals surface area contributed by atoms with Gasteiger partial charge in [-0.3, -0.25) is 19.3 Å². The van der Waals surface area contributed by atoms with Gasteiger partial charge in [0.25, 0.3) is 5.56 Å². The Kier molecular flexibility index (Phi) is 8.41. The number of aliphatic imine (C=N–C) groups is 1. The van der Waals surface area contributed by atoms with Crippen molar-refractivity contribution in [2.45, 2.75) is 52.2 Å². The van der Waals surface area contributed by atoms with E-state index in [1.165, 1.54) is 4.90 Å². The van der Waals surface area contributed by atoms with Gasteiger partial charge in [0.1, 0.15) is 11.4 Å². The summed E-state index contributed by atoms with van der Waals surface area (Å²) in [5.41, 5.74) is 2.68. The first kappa shape index (κ1) is 29.0. The Balaban J connectivity index is 1.71. The molecule has 0 saturated carbocycles.